The number of halogens is 1. The van der Waals surface area contributed by atoms with Crippen LogP contribution in [-0.2, 0) is 13.1 Å². The molecule has 2 N–H and O–H groups in total. The lowest BCUT2D eigenvalue weighted by atomic mass is 10.2. The lowest BCUT2D eigenvalue weighted by Gasteiger charge is -2.08. The zero-order valence-electron chi connectivity index (χ0n) is 13.3. The first-order valence-electron chi connectivity index (χ1n) is 7.68. The monoisotopic (exact) mass is 353 g/mol. The summed E-state index contributed by atoms with van der Waals surface area (Å²) in [5.74, 6) is 0.317. The van der Waals surface area contributed by atoms with Crippen LogP contribution in [0.4, 0.5) is 5.82 Å². The number of nitrogens with zero attached hydrogens (tertiary/aromatic N) is 3. The Kier molecular flexibility index (Phi) is 5.53. The lowest BCUT2D eigenvalue weighted by Crippen LogP contribution is -2.24. The number of rotatable bonds is 6. The summed E-state index contributed by atoms with van der Waals surface area (Å²) < 4.78 is 0. The van der Waals surface area contributed by atoms with Gasteiger partial charge in [-0.05, 0) is 29.3 Å². The predicted molar refractivity (Wildman–Crippen MR) is 96.2 cm³/mol. The smallest absolute Gasteiger partial charge is 0.270 e. The van der Waals surface area contributed by atoms with Crippen LogP contribution >= 0.6 is 11.6 Å². The summed E-state index contributed by atoms with van der Waals surface area (Å²) in [6.45, 7) is 0.967. The first kappa shape index (κ1) is 16.9. The van der Waals surface area contributed by atoms with Gasteiger partial charge in [-0.15, -0.1) is 0 Å². The fourth-order valence-corrected chi connectivity index (χ4v) is 2.27. The molecule has 1 aromatic carbocycles. The molecular formula is C18H16ClN5O. The molecule has 2 aromatic heterocycles. The minimum absolute atomic E-state index is 0.262. The molecule has 0 unspecified atom stereocenters. The molecule has 0 aliphatic carbocycles. The molecule has 2 heterocycles. The highest BCUT2D eigenvalue weighted by Gasteiger charge is 2.08. The minimum atomic E-state index is -0.262. The first-order chi connectivity index (χ1) is 12.2. The summed E-state index contributed by atoms with van der Waals surface area (Å²) in [4.78, 5) is 24.5. The molecule has 6 nitrogen and oxygen atoms in total. The third-order valence-electron chi connectivity index (χ3n) is 3.46. The molecule has 1 amide bonds. The number of carbonyl (C=O) groups excluding carboxylic acids is 1. The van der Waals surface area contributed by atoms with Crippen LogP contribution in [0, 0.1) is 0 Å². The Hall–Kier alpha value is -2.99. The van der Waals surface area contributed by atoms with Crippen molar-refractivity contribution in [2.24, 2.45) is 0 Å². The summed E-state index contributed by atoms with van der Waals surface area (Å²) >= 11 is 5.85. The Morgan fingerprint density at radius 1 is 1.04 bits per heavy atom. The summed E-state index contributed by atoms with van der Waals surface area (Å²) in [7, 11) is 0. The Morgan fingerprint density at radius 3 is 2.64 bits per heavy atom. The number of carbonyl (C=O) groups is 1. The van der Waals surface area contributed by atoms with Crippen molar-refractivity contribution in [2.75, 3.05) is 5.32 Å². The molecule has 0 saturated heterocycles. The quantitative estimate of drug-likeness (QED) is 0.712. The van der Waals surface area contributed by atoms with Crippen molar-refractivity contribution in [1.82, 2.24) is 20.3 Å². The van der Waals surface area contributed by atoms with E-state index in [0.29, 0.717) is 29.6 Å². The van der Waals surface area contributed by atoms with E-state index in [0.717, 1.165) is 11.1 Å². The number of hydrogen-bond donors (Lipinski definition) is 2. The number of pyridine rings is 1. The van der Waals surface area contributed by atoms with Crippen LogP contribution < -0.4 is 10.6 Å². The molecule has 3 rings (SSSR count). The van der Waals surface area contributed by atoms with Crippen molar-refractivity contribution < 1.29 is 4.79 Å². The molecule has 25 heavy (non-hydrogen) atoms. The van der Waals surface area contributed by atoms with Gasteiger partial charge in [0.25, 0.3) is 5.91 Å². The molecular weight excluding hydrogens is 338 g/mol. The average Bonchev–Trinajstić information content (AvgIpc) is 2.67. The third kappa shape index (κ3) is 4.99. The number of nitrogens with one attached hydrogen (secondary N) is 2. The Bertz CT molecular complexity index is 840. The van der Waals surface area contributed by atoms with Crippen LogP contribution in [0.15, 0.2) is 61.2 Å². The van der Waals surface area contributed by atoms with Gasteiger partial charge in [-0.25, -0.2) is 9.97 Å². The molecule has 0 aliphatic rings. The molecule has 0 atom stereocenters. The molecule has 0 aliphatic heterocycles. The van der Waals surface area contributed by atoms with Crippen LogP contribution in [-0.4, -0.2) is 20.9 Å². The fourth-order valence-electron chi connectivity index (χ4n) is 2.15. The Morgan fingerprint density at radius 2 is 1.88 bits per heavy atom. The normalized spacial score (nSPS) is 10.3. The molecule has 0 fully saturated rings. The second-order valence-electron chi connectivity index (χ2n) is 5.31. The summed E-state index contributed by atoms with van der Waals surface area (Å²) in [6.07, 6.45) is 4.86. The van der Waals surface area contributed by atoms with Crippen molar-refractivity contribution in [2.45, 2.75) is 13.1 Å². The van der Waals surface area contributed by atoms with Crippen molar-refractivity contribution >= 4 is 23.3 Å². The van der Waals surface area contributed by atoms with Crippen LogP contribution in [0.25, 0.3) is 0 Å². The zero-order chi connectivity index (χ0) is 17.5. The van der Waals surface area contributed by atoms with Crippen molar-refractivity contribution in [3.05, 3.63) is 83.0 Å². The number of benzene rings is 1. The highest BCUT2D eigenvalue weighted by atomic mass is 35.5. The van der Waals surface area contributed by atoms with E-state index >= 15 is 0 Å². The Labute approximate surface area is 150 Å². The van der Waals surface area contributed by atoms with Gasteiger partial charge in [0.1, 0.15) is 17.8 Å². The van der Waals surface area contributed by atoms with Gasteiger partial charge < -0.3 is 10.6 Å². The van der Waals surface area contributed by atoms with E-state index < -0.39 is 0 Å². The highest BCUT2D eigenvalue weighted by molar-refractivity contribution is 6.30. The maximum absolute atomic E-state index is 12.2. The van der Waals surface area contributed by atoms with Gasteiger partial charge in [-0.3, -0.25) is 9.78 Å². The first-order valence-corrected chi connectivity index (χ1v) is 8.06. The second kappa shape index (κ2) is 8.21. The SMILES string of the molecule is O=C(NCc1ccc(Cl)cc1)c1cc(NCc2cccnc2)ncn1. The standard InChI is InChI=1S/C18H16ClN5O/c19-15-5-3-13(4-6-15)10-22-18(25)16-8-17(24-12-23-16)21-11-14-2-1-7-20-9-14/h1-9,12H,10-11H2,(H,22,25)(H,21,23,24). The molecule has 0 saturated carbocycles. The molecule has 0 bridgehead atoms. The number of anilines is 1. The van der Waals surface area contributed by atoms with E-state index in [4.69, 9.17) is 11.6 Å². The van der Waals surface area contributed by atoms with Crippen LogP contribution in [0.5, 0.6) is 0 Å². The van der Waals surface area contributed by atoms with Crippen molar-refractivity contribution in [1.29, 1.82) is 0 Å². The summed E-state index contributed by atoms with van der Waals surface area (Å²) in [6, 6.07) is 12.7. The van der Waals surface area contributed by atoms with Crippen LogP contribution in [0.1, 0.15) is 21.6 Å². The van der Waals surface area contributed by atoms with Gasteiger partial charge >= 0.3 is 0 Å². The second-order valence-corrected chi connectivity index (χ2v) is 5.75. The van der Waals surface area contributed by atoms with Crippen molar-refractivity contribution in [3.8, 4) is 0 Å². The maximum atomic E-state index is 12.2. The van der Waals surface area contributed by atoms with Gasteiger partial charge in [0.15, 0.2) is 0 Å². The van der Waals surface area contributed by atoms with E-state index in [1.54, 1.807) is 30.6 Å². The average molecular weight is 354 g/mol. The summed E-state index contributed by atoms with van der Waals surface area (Å²) in [5.41, 5.74) is 2.29. The summed E-state index contributed by atoms with van der Waals surface area (Å²) in [5, 5.41) is 6.64. The van der Waals surface area contributed by atoms with Crippen LogP contribution in [0.3, 0.4) is 0 Å². The minimum Gasteiger partial charge on any atom is -0.366 e. The third-order valence-corrected chi connectivity index (χ3v) is 3.71. The van der Waals surface area contributed by atoms with Gasteiger partial charge in [-0.1, -0.05) is 29.8 Å². The molecule has 0 radical (unpaired) electrons. The fraction of sp³-hybridized carbons (Fsp3) is 0.111. The number of aromatic nitrogens is 3. The molecule has 7 heteroatoms. The molecule has 126 valence electrons. The molecule has 3 aromatic rings. The van der Waals surface area contributed by atoms with E-state index in [2.05, 4.69) is 25.6 Å². The van der Waals surface area contributed by atoms with Gasteiger partial charge in [-0.2, -0.15) is 0 Å². The van der Waals surface area contributed by atoms with Gasteiger partial charge in [0, 0.05) is 36.6 Å². The maximum Gasteiger partial charge on any atom is 0.270 e. The van der Waals surface area contributed by atoms with E-state index in [-0.39, 0.29) is 5.91 Å². The van der Waals surface area contributed by atoms with E-state index in [1.165, 1.54) is 6.33 Å². The Balaban J connectivity index is 1.58. The van der Waals surface area contributed by atoms with Crippen molar-refractivity contribution in [3.63, 3.8) is 0 Å². The van der Waals surface area contributed by atoms with E-state index in [1.807, 2.05) is 24.3 Å². The predicted octanol–water partition coefficient (Wildman–Crippen LogP) is 3.07. The van der Waals surface area contributed by atoms with Gasteiger partial charge in [0.05, 0.1) is 0 Å². The topological polar surface area (TPSA) is 79.8 Å². The highest BCUT2D eigenvalue weighted by Crippen LogP contribution is 2.10. The number of amides is 1. The lowest BCUT2D eigenvalue weighted by molar-refractivity contribution is 0.0946. The van der Waals surface area contributed by atoms with Gasteiger partial charge in [0.2, 0.25) is 0 Å². The zero-order valence-corrected chi connectivity index (χ0v) is 14.1. The van der Waals surface area contributed by atoms with Crippen LogP contribution in [0.2, 0.25) is 5.02 Å². The largest absolute Gasteiger partial charge is 0.366 e. The van der Waals surface area contributed by atoms with E-state index in [9.17, 15) is 4.79 Å². The number of hydrogen-bond acceptors (Lipinski definition) is 5. The molecule has 0 spiro atoms.